The maximum absolute atomic E-state index is 13.1. The highest BCUT2D eigenvalue weighted by Gasteiger charge is 2.14. The molecule has 9 nitrogen and oxygen atoms in total. The minimum atomic E-state index is -0.537. The molecule has 0 bridgehead atoms. The third kappa shape index (κ3) is 11.5. The van der Waals surface area contributed by atoms with E-state index < -0.39 is 11.9 Å². The minimum Gasteiger partial charge on any atom is -0.494 e. The zero-order chi connectivity index (χ0) is 34.0. The van der Waals surface area contributed by atoms with Crippen LogP contribution < -0.4 is 23.7 Å². The first-order chi connectivity index (χ1) is 23.5. The van der Waals surface area contributed by atoms with Crippen molar-refractivity contribution < 1.29 is 42.7 Å². The average Bonchev–Trinajstić information content (AvgIpc) is 3.10. The van der Waals surface area contributed by atoms with Crippen LogP contribution in [0.25, 0.3) is 10.8 Å². The number of aryl methyl sites for hydroxylation is 1. The van der Waals surface area contributed by atoms with Crippen molar-refractivity contribution in [3.63, 3.8) is 0 Å². The van der Waals surface area contributed by atoms with E-state index in [1.807, 2.05) is 30.3 Å². The van der Waals surface area contributed by atoms with E-state index in [9.17, 15) is 9.59 Å². The van der Waals surface area contributed by atoms with E-state index in [2.05, 4.69) is 20.1 Å². The van der Waals surface area contributed by atoms with Crippen LogP contribution in [0.2, 0.25) is 0 Å². The molecule has 0 atom stereocenters. The van der Waals surface area contributed by atoms with Crippen molar-refractivity contribution in [3.05, 3.63) is 115 Å². The summed E-state index contributed by atoms with van der Waals surface area (Å²) in [5.74, 6) is 1.91. The third-order valence-corrected chi connectivity index (χ3v) is 7.18. The molecule has 0 heterocycles. The Kier molecular flexibility index (Phi) is 14.4. The van der Waals surface area contributed by atoms with Gasteiger partial charge in [-0.3, -0.25) is 0 Å². The molecule has 0 N–H and O–H groups in total. The monoisotopic (exact) mass is 654 g/mol. The van der Waals surface area contributed by atoms with Gasteiger partial charge in [0.2, 0.25) is 6.79 Å². The Balaban J connectivity index is 1.22. The topological polar surface area (TPSA) is 98.8 Å². The summed E-state index contributed by atoms with van der Waals surface area (Å²) >= 11 is 0. The van der Waals surface area contributed by atoms with Gasteiger partial charge < -0.3 is 33.2 Å². The zero-order valence-corrected chi connectivity index (χ0v) is 27.3. The predicted octanol–water partition coefficient (Wildman–Crippen LogP) is 8.59. The van der Waals surface area contributed by atoms with Crippen LogP contribution in [-0.4, -0.2) is 38.7 Å². The van der Waals surface area contributed by atoms with Crippen molar-refractivity contribution in [1.29, 1.82) is 0 Å². The molecule has 0 amide bonds. The number of carbonyl (C=O) groups is 2. The Hall–Kier alpha value is -5.28. The van der Waals surface area contributed by atoms with Crippen LogP contribution in [0.1, 0.15) is 54.9 Å². The lowest BCUT2D eigenvalue weighted by atomic mass is 10.1. The van der Waals surface area contributed by atoms with E-state index >= 15 is 0 Å². The molecule has 0 aliphatic rings. The third-order valence-electron chi connectivity index (χ3n) is 7.18. The molecule has 0 saturated heterocycles. The van der Waals surface area contributed by atoms with Gasteiger partial charge in [-0.15, -0.1) is 0 Å². The Morgan fingerprint density at radius 2 is 1.33 bits per heavy atom. The van der Waals surface area contributed by atoms with Gasteiger partial charge in [-0.2, -0.15) is 0 Å². The van der Waals surface area contributed by atoms with E-state index in [0.717, 1.165) is 60.3 Å². The Labute approximate surface area is 281 Å². The van der Waals surface area contributed by atoms with E-state index in [1.165, 1.54) is 6.26 Å². The zero-order valence-electron chi connectivity index (χ0n) is 27.3. The number of fused-ring (bicyclic) bond motifs is 1. The van der Waals surface area contributed by atoms with Crippen LogP contribution in [0, 0.1) is 0 Å². The summed E-state index contributed by atoms with van der Waals surface area (Å²) < 4.78 is 38.7. The highest BCUT2D eigenvalue weighted by Crippen LogP contribution is 2.28. The maximum Gasteiger partial charge on any atom is 0.343 e. The molecule has 48 heavy (non-hydrogen) atoms. The molecule has 0 radical (unpaired) electrons. The number of carbonyl (C=O) groups excluding carboxylic acids is 2. The SMILES string of the molecule is C=COCOCCCCCCOc1ccc(OCOc2ccc(OC(=O)c3ccc4cc(OC(=O)C=C)ccc4c3)c(CCC)c2)cc1. The molecule has 0 spiro atoms. The Morgan fingerprint density at radius 3 is 2.08 bits per heavy atom. The molecule has 252 valence electrons. The minimum absolute atomic E-state index is 0.0138. The van der Waals surface area contributed by atoms with Crippen molar-refractivity contribution >= 4 is 22.7 Å². The second-order valence-corrected chi connectivity index (χ2v) is 10.8. The number of unbranched alkanes of at least 4 members (excludes halogenated alkanes) is 3. The number of esters is 2. The molecule has 0 fully saturated rings. The van der Waals surface area contributed by atoms with Gasteiger partial charge in [0, 0.05) is 6.08 Å². The first-order valence-electron chi connectivity index (χ1n) is 16.0. The largest absolute Gasteiger partial charge is 0.494 e. The summed E-state index contributed by atoms with van der Waals surface area (Å²) in [6.45, 7) is 10.5. The van der Waals surface area contributed by atoms with E-state index in [-0.39, 0.29) is 13.6 Å². The highest BCUT2D eigenvalue weighted by molar-refractivity contribution is 5.97. The fraction of sp³-hybridized carbons (Fsp3) is 0.282. The van der Waals surface area contributed by atoms with Crippen molar-refractivity contribution in [2.75, 3.05) is 26.8 Å². The molecule has 0 aromatic heterocycles. The first-order valence-corrected chi connectivity index (χ1v) is 16.0. The predicted molar refractivity (Wildman–Crippen MR) is 184 cm³/mol. The van der Waals surface area contributed by atoms with Crippen molar-refractivity contribution in [2.24, 2.45) is 0 Å². The van der Waals surface area contributed by atoms with Crippen LogP contribution in [0.5, 0.6) is 28.7 Å². The van der Waals surface area contributed by atoms with Crippen LogP contribution in [0.3, 0.4) is 0 Å². The molecule has 4 aromatic carbocycles. The molecule has 4 rings (SSSR count). The summed E-state index contributed by atoms with van der Waals surface area (Å²) in [5, 5.41) is 1.62. The van der Waals surface area contributed by atoms with Crippen LogP contribution in [0.4, 0.5) is 0 Å². The number of benzene rings is 4. The van der Waals surface area contributed by atoms with Gasteiger partial charge in [-0.1, -0.05) is 45.1 Å². The molecule has 0 unspecified atom stereocenters. The van der Waals surface area contributed by atoms with Crippen LogP contribution in [0.15, 0.2) is 104 Å². The molecule has 0 aliphatic heterocycles. The summed E-state index contributed by atoms with van der Waals surface area (Å²) in [6.07, 6.45) is 8.13. The Morgan fingerprint density at radius 1 is 0.667 bits per heavy atom. The van der Waals surface area contributed by atoms with Crippen molar-refractivity contribution in [2.45, 2.75) is 45.4 Å². The normalized spacial score (nSPS) is 10.6. The van der Waals surface area contributed by atoms with Gasteiger partial charge in [0.25, 0.3) is 0 Å². The summed E-state index contributed by atoms with van der Waals surface area (Å²) in [6, 6.07) is 23.2. The molecular formula is C39H42O9. The fourth-order valence-electron chi connectivity index (χ4n) is 4.74. The molecule has 0 aliphatic carbocycles. The first kappa shape index (κ1) is 35.6. The summed E-state index contributed by atoms with van der Waals surface area (Å²) in [7, 11) is 0. The van der Waals surface area contributed by atoms with Crippen molar-refractivity contribution in [1.82, 2.24) is 0 Å². The van der Waals surface area contributed by atoms with E-state index in [4.69, 9.17) is 33.2 Å². The average molecular weight is 655 g/mol. The second kappa shape index (κ2) is 19.4. The second-order valence-electron chi connectivity index (χ2n) is 10.8. The highest BCUT2D eigenvalue weighted by atomic mass is 16.7. The fourth-order valence-corrected chi connectivity index (χ4v) is 4.74. The van der Waals surface area contributed by atoms with Crippen LogP contribution >= 0.6 is 0 Å². The molecule has 0 saturated carbocycles. The van der Waals surface area contributed by atoms with E-state index in [0.29, 0.717) is 48.2 Å². The maximum atomic E-state index is 13.1. The number of ether oxygens (including phenoxy) is 7. The lowest BCUT2D eigenvalue weighted by Gasteiger charge is -2.14. The van der Waals surface area contributed by atoms with Gasteiger partial charge >= 0.3 is 11.9 Å². The summed E-state index contributed by atoms with van der Waals surface area (Å²) in [4.78, 5) is 24.6. The van der Waals surface area contributed by atoms with E-state index in [1.54, 1.807) is 48.5 Å². The molecule has 9 heteroatoms. The smallest absolute Gasteiger partial charge is 0.343 e. The molecule has 4 aromatic rings. The van der Waals surface area contributed by atoms with Crippen molar-refractivity contribution in [3.8, 4) is 28.7 Å². The molecular weight excluding hydrogens is 612 g/mol. The van der Waals surface area contributed by atoms with Crippen LogP contribution in [-0.2, 0) is 20.7 Å². The lowest BCUT2D eigenvalue weighted by molar-refractivity contribution is -0.128. The van der Waals surface area contributed by atoms with Gasteiger partial charge in [0.15, 0.2) is 6.79 Å². The lowest BCUT2D eigenvalue weighted by Crippen LogP contribution is -2.10. The standard InChI is InChI=1S/C39H42O9/c1-4-11-31-26-35(46-28-45-34-18-16-33(17-19-34)44-23-10-8-7-9-22-43-27-42-6-3)20-21-37(31)48-39(41)32-13-12-30-25-36(47-38(40)5-2)15-14-29(30)24-32/h5-6,12-21,24-26H,2-4,7-11,22-23,27-28H2,1H3. The van der Waals surface area contributed by atoms with Gasteiger partial charge in [-0.25, -0.2) is 9.59 Å². The number of hydrogen-bond donors (Lipinski definition) is 0. The van der Waals surface area contributed by atoms with Gasteiger partial charge in [-0.05, 0) is 109 Å². The number of rotatable bonds is 21. The van der Waals surface area contributed by atoms with Gasteiger partial charge in [0.1, 0.15) is 28.7 Å². The summed E-state index contributed by atoms with van der Waals surface area (Å²) in [5.41, 5.74) is 1.25. The number of hydrogen-bond acceptors (Lipinski definition) is 9. The Bertz CT molecular complexity index is 1650. The quantitative estimate of drug-likeness (QED) is 0.0218. The van der Waals surface area contributed by atoms with Gasteiger partial charge in [0.05, 0.1) is 25.0 Å².